The second-order valence-electron chi connectivity index (χ2n) is 7.36. The van der Waals surface area contributed by atoms with E-state index in [9.17, 15) is 13.6 Å². The second-order valence-corrected chi connectivity index (χ2v) is 7.74. The van der Waals surface area contributed by atoms with Crippen LogP contribution < -0.4 is 14.8 Å². The van der Waals surface area contributed by atoms with Gasteiger partial charge >= 0.3 is 6.09 Å². The Balaban J connectivity index is 1.62. The molecule has 1 saturated heterocycles. The van der Waals surface area contributed by atoms with E-state index >= 15 is 0 Å². The summed E-state index contributed by atoms with van der Waals surface area (Å²) >= 11 is 5.69. The van der Waals surface area contributed by atoms with Gasteiger partial charge in [0, 0.05) is 37.4 Å². The van der Waals surface area contributed by atoms with Crippen molar-refractivity contribution in [2.75, 3.05) is 32.6 Å². The van der Waals surface area contributed by atoms with Gasteiger partial charge in [-0.05, 0) is 18.2 Å². The van der Waals surface area contributed by atoms with Gasteiger partial charge in [0.2, 0.25) is 0 Å². The number of nitrogens with one attached hydrogen (secondary N) is 1. The van der Waals surface area contributed by atoms with Gasteiger partial charge in [0.15, 0.2) is 17.3 Å². The third-order valence-electron chi connectivity index (χ3n) is 5.38. The number of ether oxygens (including phenoxy) is 3. The number of benzene rings is 2. The van der Waals surface area contributed by atoms with Crippen LogP contribution in [0.2, 0.25) is 5.02 Å². The van der Waals surface area contributed by atoms with E-state index in [1.54, 1.807) is 17.0 Å². The zero-order chi connectivity index (χ0) is 23.5. The first-order valence-corrected chi connectivity index (χ1v) is 10.5. The first kappa shape index (κ1) is 22.8. The number of carbonyl (C=O) groups is 1. The van der Waals surface area contributed by atoms with Crippen LogP contribution in [-0.2, 0) is 4.74 Å². The van der Waals surface area contributed by atoms with Crippen LogP contribution in [0.4, 0.5) is 25.1 Å². The Hall–Kier alpha value is -3.40. The zero-order valence-corrected chi connectivity index (χ0v) is 18.7. The monoisotopic (exact) mass is 478 g/mol. The highest BCUT2D eigenvalue weighted by Crippen LogP contribution is 2.37. The molecule has 1 aliphatic rings. The number of rotatable bonds is 5. The molecule has 0 spiro atoms. The minimum Gasteiger partial charge on any atom is -0.493 e. The van der Waals surface area contributed by atoms with Crippen molar-refractivity contribution in [3.8, 4) is 11.5 Å². The average molecular weight is 479 g/mol. The molecule has 0 saturated carbocycles. The summed E-state index contributed by atoms with van der Waals surface area (Å²) in [6.07, 6.45) is 2.04. The number of likely N-dealkylation sites (tertiary alicyclic amines) is 1. The van der Waals surface area contributed by atoms with Crippen LogP contribution in [0.15, 0.2) is 30.6 Å². The van der Waals surface area contributed by atoms with Crippen molar-refractivity contribution in [3.05, 3.63) is 47.2 Å². The quantitative estimate of drug-likeness (QED) is 0.521. The number of amides is 1. The molecule has 11 heteroatoms. The average Bonchev–Trinajstić information content (AvgIpc) is 2.84. The molecule has 33 heavy (non-hydrogen) atoms. The number of anilines is 2. The van der Waals surface area contributed by atoms with Crippen molar-refractivity contribution in [1.82, 2.24) is 14.9 Å². The minimum atomic E-state index is -0.925. The van der Waals surface area contributed by atoms with Crippen LogP contribution in [0.25, 0.3) is 10.9 Å². The lowest BCUT2D eigenvalue weighted by Crippen LogP contribution is -2.41. The summed E-state index contributed by atoms with van der Waals surface area (Å²) < 4.78 is 44.3. The molecular weight excluding hydrogens is 458 g/mol. The van der Waals surface area contributed by atoms with Gasteiger partial charge in [-0.1, -0.05) is 11.6 Å². The van der Waals surface area contributed by atoms with Crippen molar-refractivity contribution in [2.45, 2.75) is 18.9 Å². The number of methoxy groups -OCH3 is 2. The largest absolute Gasteiger partial charge is 0.493 e. The zero-order valence-electron chi connectivity index (χ0n) is 17.9. The first-order valence-electron chi connectivity index (χ1n) is 10.1. The molecule has 1 amide bonds. The maximum atomic E-state index is 14.4. The van der Waals surface area contributed by atoms with Gasteiger partial charge in [-0.2, -0.15) is 0 Å². The second kappa shape index (κ2) is 9.62. The maximum Gasteiger partial charge on any atom is 0.409 e. The summed E-state index contributed by atoms with van der Waals surface area (Å²) in [6, 6.07) is 5.69. The smallest absolute Gasteiger partial charge is 0.409 e. The third-order valence-corrected chi connectivity index (χ3v) is 5.72. The van der Waals surface area contributed by atoms with Crippen LogP contribution in [-0.4, -0.2) is 54.4 Å². The highest BCUT2D eigenvalue weighted by atomic mass is 35.5. The summed E-state index contributed by atoms with van der Waals surface area (Å²) in [5, 5.41) is 2.78. The third kappa shape index (κ3) is 4.70. The summed E-state index contributed by atoms with van der Waals surface area (Å²) in [5.41, 5.74) is 0.501. The Labute approximate surface area is 193 Å². The van der Waals surface area contributed by atoms with Crippen molar-refractivity contribution < 1.29 is 27.8 Å². The molecule has 1 aromatic heterocycles. The normalized spacial score (nSPS) is 14.3. The maximum absolute atomic E-state index is 14.4. The highest BCUT2D eigenvalue weighted by Gasteiger charge is 2.25. The van der Waals surface area contributed by atoms with Crippen LogP contribution in [0.3, 0.4) is 0 Å². The molecule has 0 unspecified atom stereocenters. The number of aromatic nitrogens is 2. The Morgan fingerprint density at radius 1 is 1.15 bits per heavy atom. The molecule has 3 aromatic rings. The Morgan fingerprint density at radius 2 is 1.91 bits per heavy atom. The first-order chi connectivity index (χ1) is 15.9. The van der Waals surface area contributed by atoms with E-state index in [1.807, 2.05) is 0 Å². The highest BCUT2D eigenvalue weighted by molar-refractivity contribution is 6.31. The molecule has 0 bridgehead atoms. The molecule has 1 aliphatic heterocycles. The molecule has 4 rings (SSSR count). The van der Waals surface area contributed by atoms with Crippen molar-refractivity contribution in [3.63, 3.8) is 0 Å². The lowest BCUT2D eigenvalue weighted by atomic mass is 10.1. The number of hydrogen-bond donors (Lipinski definition) is 1. The number of carbonyl (C=O) groups excluding carboxylic acids is 1. The van der Waals surface area contributed by atoms with Crippen LogP contribution in [0.5, 0.6) is 11.5 Å². The van der Waals surface area contributed by atoms with E-state index in [1.165, 1.54) is 26.6 Å². The van der Waals surface area contributed by atoms with Gasteiger partial charge in [0.25, 0.3) is 0 Å². The molecule has 1 N–H and O–H groups in total. The Bertz CT molecular complexity index is 1190. The molecule has 1 fully saturated rings. The van der Waals surface area contributed by atoms with E-state index in [0.29, 0.717) is 48.3 Å². The number of fused-ring (bicyclic) bond motifs is 1. The fourth-order valence-corrected chi connectivity index (χ4v) is 3.79. The molecular formula is C22H21ClF2N4O4. The topological polar surface area (TPSA) is 85.8 Å². The van der Waals surface area contributed by atoms with Crippen molar-refractivity contribution >= 4 is 40.1 Å². The summed E-state index contributed by atoms with van der Waals surface area (Å²) in [7, 11) is 2.87. The van der Waals surface area contributed by atoms with Crippen LogP contribution in [0, 0.1) is 11.6 Å². The van der Waals surface area contributed by atoms with Crippen molar-refractivity contribution in [1.29, 1.82) is 0 Å². The van der Waals surface area contributed by atoms with Gasteiger partial charge < -0.3 is 24.4 Å². The van der Waals surface area contributed by atoms with E-state index in [2.05, 4.69) is 15.3 Å². The fraction of sp³-hybridized carbons (Fsp3) is 0.318. The number of nitrogens with zero attached hydrogens (tertiary/aromatic N) is 3. The minimum absolute atomic E-state index is 0.0325. The summed E-state index contributed by atoms with van der Waals surface area (Å²) in [5.74, 6) is -0.568. The number of piperidine rings is 1. The summed E-state index contributed by atoms with van der Waals surface area (Å²) in [6.45, 7) is 1.02. The van der Waals surface area contributed by atoms with Gasteiger partial charge in [-0.3, -0.25) is 0 Å². The molecule has 2 aromatic carbocycles. The summed E-state index contributed by atoms with van der Waals surface area (Å²) in [4.78, 5) is 21.8. The van der Waals surface area contributed by atoms with E-state index < -0.39 is 16.7 Å². The van der Waals surface area contributed by atoms with Crippen molar-refractivity contribution in [2.24, 2.45) is 0 Å². The molecule has 0 atom stereocenters. The van der Waals surface area contributed by atoms with Gasteiger partial charge in [-0.25, -0.2) is 23.5 Å². The predicted molar refractivity (Wildman–Crippen MR) is 118 cm³/mol. The molecule has 2 heterocycles. The molecule has 8 nitrogen and oxygen atoms in total. The number of halogens is 3. The fourth-order valence-electron chi connectivity index (χ4n) is 3.63. The van der Waals surface area contributed by atoms with E-state index in [0.717, 1.165) is 6.07 Å². The van der Waals surface area contributed by atoms with Gasteiger partial charge in [0.05, 0.1) is 25.4 Å². The molecule has 174 valence electrons. The molecule has 0 radical (unpaired) electrons. The van der Waals surface area contributed by atoms with E-state index in [-0.39, 0.29) is 23.7 Å². The predicted octanol–water partition coefficient (Wildman–Crippen LogP) is 4.92. The van der Waals surface area contributed by atoms with Crippen LogP contribution >= 0.6 is 11.6 Å². The SMILES string of the molecule is COC(=O)N1CCC(Oc2cc3c(Nc4ccc(F)c(Cl)c4F)ncnc3cc2OC)CC1. The lowest BCUT2D eigenvalue weighted by molar-refractivity contribution is 0.0779. The standard InChI is InChI=1S/C22H21ClF2N4O4/c1-31-17-10-16-13(9-18(17)33-12-5-7-29(8-6-12)22(30)32-2)21(27-11-26-16)28-15-4-3-14(24)19(23)20(15)25/h3-4,9-12H,5-8H2,1-2H3,(H,26,27,28). The van der Waals surface area contributed by atoms with Gasteiger partial charge in [0.1, 0.15) is 29.1 Å². The lowest BCUT2D eigenvalue weighted by Gasteiger charge is -2.31. The Kier molecular flexibility index (Phi) is 6.64. The molecule has 0 aliphatic carbocycles. The Morgan fingerprint density at radius 3 is 2.61 bits per heavy atom. The van der Waals surface area contributed by atoms with E-state index in [4.69, 9.17) is 25.8 Å². The van der Waals surface area contributed by atoms with Crippen LogP contribution in [0.1, 0.15) is 12.8 Å². The number of hydrogen-bond acceptors (Lipinski definition) is 7. The van der Waals surface area contributed by atoms with Gasteiger partial charge in [-0.15, -0.1) is 0 Å².